The Kier molecular flexibility index (Phi) is 3.24. The standard InChI is InChI=1S/C13H24NO2/c1-10(15)16-12-8-11-6-4-5-7-13(11)14(2,3)9-12/h11-13H,4-9H2,1-3H3/q+1/t11-,12+,13+/m1/s1. The van der Waals surface area contributed by atoms with Crippen LogP contribution in [0.2, 0.25) is 0 Å². The molecule has 2 fully saturated rings. The Morgan fingerprint density at radius 1 is 1.25 bits per heavy atom. The minimum absolute atomic E-state index is 0.126. The molecule has 0 amide bonds. The Morgan fingerprint density at radius 3 is 2.62 bits per heavy atom. The van der Waals surface area contributed by atoms with E-state index in [-0.39, 0.29) is 12.1 Å². The summed E-state index contributed by atoms with van der Waals surface area (Å²) in [6.07, 6.45) is 6.64. The Balaban J connectivity index is 2.06. The molecule has 1 heterocycles. The summed E-state index contributed by atoms with van der Waals surface area (Å²) in [5.41, 5.74) is 0. The van der Waals surface area contributed by atoms with Gasteiger partial charge in [0.1, 0.15) is 6.54 Å². The third-order valence-corrected chi connectivity index (χ3v) is 4.34. The predicted octanol–water partition coefficient (Wildman–Crippen LogP) is 1.96. The highest BCUT2D eigenvalue weighted by atomic mass is 16.5. The number of fused-ring (bicyclic) bond motifs is 1. The van der Waals surface area contributed by atoms with Gasteiger partial charge in [0.25, 0.3) is 0 Å². The first-order chi connectivity index (χ1) is 7.49. The molecule has 3 nitrogen and oxygen atoms in total. The van der Waals surface area contributed by atoms with E-state index >= 15 is 0 Å². The smallest absolute Gasteiger partial charge is 0.303 e. The van der Waals surface area contributed by atoms with Crippen molar-refractivity contribution < 1.29 is 14.0 Å². The molecule has 0 spiro atoms. The van der Waals surface area contributed by atoms with Crippen molar-refractivity contribution in [3.63, 3.8) is 0 Å². The van der Waals surface area contributed by atoms with Crippen molar-refractivity contribution in [3.05, 3.63) is 0 Å². The molecule has 0 aromatic carbocycles. The molecule has 0 N–H and O–H groups in total. The molecule has 0 aromatic rings. The van der Waals surface area contributed by atoms with E-state index in [1.165, 1.54) is 32.6 Å². The van der Waals surface area contributed by atoms with E-state index in [4.69, 9.17) is 4.74 Å². The van der Waals surface area contributed by atoms with Crippen LogP contribution in [0, 0.1) is 5.92 Å². The summed E-state index contributed by atoms with van der Waals surface area (Å²) in [5.74, 6) is 0.640. The van der Waals surface area contributed by atoms with Gasteiger partial charge in [-0.2, -0.15) is 0 Å². The van der Waals surface area contributed by atoms with Gasteiger partial charge < -0.3 is 9.22 Å². The van der Waals surface area contributed by atoms with Crippen LogP contribution < -0.4 is 0 Å². The summed E-state index contributed by atoms with van der Waals surface area (Å²) in [5, 5.41) is 0. The number of hydrogen-bond donors (Lipinski definition) is 0. The first-order valence-electron chi connectivity index (χ1n) is 6.49. The van der Waals surface area contributed by atoms with Crippen molar-refractivity contribution in [1.82, 2.24) is 0 Å². The molecular formula is C13H24NO2+. The average Bonchev–Trinajstić information content (AvgIpc) is 2.15. The summed E-state index contributed by atoms with van der Waals surface area (Å²) in [6.45, 7) is 2.51. The second kappa shape index (κ2) is 4.36. The average molecular weight is 226 g/mol. The lowest BCUT2D eigenvalue weighted by molar-refractivity contribution is -0.928. The Bertz CT molecular complexity index is 275. The zero-order chi connectivity index (χ0) is 11.8. The zero-order valence-electron chi connectivity index (χ0n) is 10.7. The Morgan fingerprint density at radius 2 is 1.94 bits per heavy atom. The summed E-state index contributed by atoms with van der Waals surface area (Å²) in [7, 11) is 4.58. The van der Waals surface area contributed by atoms with E-state index in [9.17, 15) is 4.79 Å². The molecule has 2 aliphatic rings. The number of carbonyl (C=O) groups excluding carboxylic acids is 1. The van der Waals surface area contributed by atoms with E-state index < -0.39 is 0 Å². The maximum atomic E-state index is 11.1. The molecule has 16 heavy (non-hydrogen) atoms. The number of ether oxygens (including phenoxy) is 1. The highest BCUT2D eigenvalue weighted by molar-refractivity contribution is 5.66. The van der Waals surface area contributed by atoms with Crippen LogP contribution in [0.5, 0.6) is 0 Å². The highest BCUT2D eigenvalue weighted by Gasteiger charge is 2.45. The van der Waals surface area contributed by atoms with Gasteiger partial charge in [-0.25, -0.2) is 0 Å². The topological polar surface area (TPSA) is 26.3 Å². The minimum Gasteiger partial charge on any atom is -0.457 e. The molecule has 0 radical (unpaired) electrons. The van der Waals surface area contributed by atoms with Crippen LogP contribution in [0.15, 0.2) is 0 Å². The number of rotatable bonds is 1. The van der Waals surface area contributed by atoms with Crippen molar-refractivity contribution in [2.45, 2.75) is 51.2 Å². The first-order valence-corrected chi connectivity index (χ1v) is 6.49. The number of piperidine rings is 1. The van der Waals surface area contributed by atoms with E-state index in [0.717, 1.165) is 29.4 Å². The van der Waals surface area contributed by atoms with Gasteiger partial charge in [-0.05, 0) is 25.7 Å². The van der Waals surface area contributed by atoms with Crippen LogP contribution in [0.25, 0.3) is 0 Å². The van der Waals surface area contributed by atoms with Crippen LogP contribution in [-0.2, 0) is 9.53 Å². The number of quaternary nitrogens is 1. The lowest BCUT2D eigenvalue weighted by atomic mass is 9.76. The molecule has 1 saturated carbocycles. The summed E-state index contributed by atoms with van der Waals surface area (Å²) >= 11 is 0. The van der Waals surface area contributed by atoms with Crippen molar-refractivity contribution in [3.8, 4) is 0 Å². The molecule has 2 rings (SSSR count). The van der Waals surface area contributed by atoms with Crippen molar-refractivity contribution in [1.29, 1.82) is 0 Å². The van der Waals surface area contributed by atoms with Gasteiger partial charge in [0, 0.05) is 12.8 Å². The molecule has 1 saturated heterocycles. The second-order valence-electron chi connectivity index (χ2n) is 6.04. The van der Waals surface area contributed by atoms with Crippen molar-refractivity contribution in [2.75, 3.05) is 20.6 Å². The van der Waals surface area contributed by atoms with E-state index in [1.807, 2.05) is 0 Å². The fourth-order valence-corrected chi connectivity index (χ4v) is 3.78. The van der Waals surface area contributed by atoms with Crippen LogP contribution in [0.1, 0.15) is 39.0 Å². The highest BCUT2D eigenvalue weighted by Crippen LogP contribution is 2.38. The van der Waals surface area contributed by atoms with Crippen LogP contribution in [0.4, 0.5) is 0 Å². The largest absolute Gasteiger partial charge is 0.457 e. The summed E-state index contributed by atoms with van der Waals surface area (Å²) < 4.78 is 6.45. The van der Waals surface area contributed by atoms with Gasteiger partial charge in [0.05, 0.1) is 20.1 Å². The van der Waals surface area contributed by atoms with E-state index in [1.54, 1.807) is 0 Å². The van der Waals surface area contributed by atoms with Crippen molar-refractivity contribution in [2.24, 2.45) is 5.92 Å². The van der Waals surface area contributed by atoms with Gasteiger partial charge in [0.2, 0.25) is 0 Å². The number of hydrogen-bond acceptors (Lipinski definition) is 2. The Hall–Kier alpha value is -0.570. The predicted molar refractivity (Wildman–Crippen MR) is 62.9 cm³/mol. The molecular weight excluding hydrogens is 202 g/mol. The molecule has 92 valence electrons. The third-order valence-electron chi connectivity index (χ3n) is 4.34. The summed E-state index contributed by atoms with van der Waals surface area (Å²) in [6, 6.07) is 0.792. The molecule has 1 aliphatic carbocycles. The number of likely N-dealkylation sites (N-methyl/N-ethyl adjacent to an activating group) is 1. The maximum absolute atomic E-state index is 11.1. The SMILES string of the molecule is CC(=O)O[C@H]1C[C@H]2CCCC[C@@H]2[N+](C)(C)C1. The zero-order valence-corrected chi connectivity index (χ0v) is 10.7. The normalized spacial score (nSPS) is 37.6. The fraction of sp³-hybridized carbons (Fsp3) is 0.923. The summed E-state index contributed by atoms with van der Waals surface area (Å²) in [4.78, 5) is 11.1. The number of likely N-dealkylation sites (tertiary alicyclic amines) is 1. The lowest BCUT2D eigenvalue weighted by Crippen LogP contribution is -2.61. The monoisotopic (exact) mass is 226 g/mol. The fourth-order valence-electron chi connectivity index (χ4n) is 3.78. The minimum atomic E-state index is -0.126. The third kappa shape index (κ3) is 2.40. The molecule has 3 atom stereocenters. The van der Waals surface area contributed by atoms with Gasteiger partial charge in [-0.15, -0.1) is 0 Å². The van der Waals surface area contributed by atoms with E-state index in [2.05, 4.69) is 14.1 Å². The van der Waals surface area contributed by atoms with Gasteiger partial charge in [-0.1, -0.05) is 6.42 Å². The van der Waals surface area contributed by atoms with Gasteiger partial charge in [-0.3, -0.25) is 4.79 Å². The lowest BCUT2D eigenvalue weighted by Gasteiger charge is -2.50. The van der Waals surface area contributed by atoms with Crippen molar-refractivity contribution >= 4 is 5.97 Å². The van der Waals surface area contributed by atoms with E-state index in [0.29, 0.717) is 0 Å². The Labute approximate surface area is 98.4 Å². The molecule has 0 aromatic heterocycles. The maximum Gasteiger partial charge on any atom is 0.303 e. The number of nitrogens with zero attached hydrogens (tertiary/aromatic N) is 1. The first kappa shape index (κ1) is 11.9. The van der Waals surface area contributed by atoms with Crippen LogP contribution in [-0.4, -0.2) is 43.2 Å². The molecule has 0 bridgehead atoms. The second-order valence-corrected chi connectivity index (χ2v) is 6.04. The quantitative estimate of drug-likeness (QED) is 0.504. The van der Waals surface area contributed by atoms with Gasteiger partial charge >= 0.3 is 5.97 Å². The molecule has 3 heteroatoms. The number of carbonyl (C=O) groups is 1. The van der Waals surface area contributed by atoms with Crippen LogP contribution in [0.3, 0.4) is 0 Å². The van der Waals surface area contributed by atoms with Gasteiger partial charge in [0.15, 0.2) is 6.10 Å². The molecule has 1 aliphatic heterocycles. The number of esters is 1. The van der Waals surface area contributed by atoms with Crippen LogP contribution >= 0.6 is 0 Å². The molecule has 0 unspecified atom stereocenters.